The van der Waals surface area contributed by atoms with E-state index in [1.165, 1.54) is 19.4 Å². The fourth-order valence-corrected chi connectivity index (χ4v) is 4.58. The predicted molar refractivity (Wildman–Crippen MR) is 78.2 cm³/mol. The molecule has 0 spiro atoms. The van der Waals surface area contributed by atoms with E-state index in [4.69, 9.17) is 0 Å². The molecule has 2 heterocycles. The van der Waals surface area contributed by atoms with Gasteiger partial charge >= 0.3 is 0 Å². The van der Waals surface area contributed by atoms with Crippen LogP contribution in [0.3, 0.4) is 0 Å². The lowest BCUT2D eigenvalue weighted by atomic mass is 10.2. The molecular weight excluding hydrogens is 262 g/mol. The number of nitrogens with zero attached hydrogens (tertiary/aromatic N) is 2. The number of likely N-dealkylation sites (tertiary alicyclic amines) is 1. The molecule has 6 heteroatoms. The highest BCUT2D eigenvalue weighted by atomic mass is 32.2. The lowest BCUT2D eigenvalue weighted by Crippen LogP contribution is -2.46. The van der Waals surface area contributed by atoms with Gasteiger partial charge in [-0.25, -0.2) is 8.42 Å². The van der Waals surface area contributed by atoms with Crippen molar-refractivity contribution in [2.24, 2.45) is 0 Å². The Balaban J connectivity index is 1.70. The standard InChI is InChI=1S/C13H27N3O2S/c1-15(10-13-4-3-7-16(13)2)8-5-12-11-19(17,18)9-6-14-12/h12-14H,3-11H2,1-2H3. The molecule has 19 heavy (non-hydrogen) atoms. The SMILES string of the molecule is CN(CCC1CS(=O)(=O)CCN1)CC1CCCN1C. The summed E-state index contributed by atoms with van der Waals surface area (Å²) in [5.41, 5.74) is 0. The lowest BCUT2D eigenvalue weighted by molar-refractivity contribution is 0.214. The Bertz CT molecular complexity index is 385. The summed E-state index contributed by atoms with van der Waals surface area (Å²) in [6.45, 7) is 3.89. The van der Waals surface area contributed by atoms with Crippen molar-refractivity contribution in [1.82, 2.24) is 15.1 Å². The van der Waals surface area contributed by atoms with Gasteiger partial charge in [-0.3, -0.25) is 0 Å². The van der Waals surface area contributed by atoms with Gasteiger partial charge in [-0.15, -0.1) is 0 Å². The zero-order valence-corrected chi connectivity index (χ0v) is 13.0. The third-order valence-electron chi connectivity index (χ3n) is 4.35. The van der Waals surface area contributed by atoms with Crippen LogP contribution in [0.2, 0.25) is 0 Å². The normalized spacial score (nSPS) is 31.9. The van der Waals surface area contributed by atoms with Gasteiger partial charge < -0.3 is 15.1 Å². The van der Waals surface area contributed by atoms with E-state index in [1.807, 2.05) is 0 Å². The quantitative estimate of drug-likeness (QED) is 0.759. The topological polar surface area (TPSA) is 52.7 Å². The first-order chi connectivity index (χ1) is 8.96. The Labute approximate surface area is 117 Å². The second kappa shape index (κ2) is 6.52. The van der Waals surface area contributed by atoms with E-state index in [0.717, 1.165) is 19.5 Å². The molecule has 0 amide bonds. The summed E-state index contributed by atoms with van der Waals surface area (Å²) in [5.74, 6) is 0.608. The van der Waals surface area contributed by atoms with Gasteiger partial charge in [-0.2, -0.15) is 0 Å². The maximum Gasteiger partial charge on any atom is 0.153 e. The largest absolute Gasteiger partial charge is 0.312 e. The summed E-state index contributed by atoms with van der Waals surface area (Å²) in [6, 6.07) is 0.815. The molecule has 2 aliphatic heterocycles. The van der Waals surface area contributed by atoms with E-state index in [-0.39, 0.29) is 6.04 Å². The number of likely N-dealkylation sites (N-methyl/N-ethyl adjacent to an activating group) is 2. The summed E-state index contributed by atoms with van der Waals surface area (Å²) in [7, 11) is 1.54. The summed E-state index contributed by atoms with van der Waals surface area (Å²) in [4.78, 5) is 4.77. The second-order valence-electron chi connectivity index (χ2n) is 6.09. The molecule has 2 rings (SSSR count). The molecule has 0 aromatic heterocycles. The van der Waals surface area contributed by atoms with Gasteiger partial charge in [-0.1, -0.05) is 0 Å². The third kappa shape index (κ3) is 4.70. The molecule has 0 bridgehead atoms. The third-order valence-corrected chi connectivity index (χ3v) is 6.09. The van der Waals surface area contributed by atoms with Crippen LogP contribution in [0.1, 0.15) is 19.3 Å². The molecule has 1 N–H and O–H groups in total. The minimum Gasteiger partial charge on any atom is -0.312 e. The van der Waals surface area contributed by atoms with Crippen molar-refractivity contribution in [2.75, 3.05) is 51.8 Å². The number of rotatable bonds is 5. The maximum atomic E-state index is 11.6. The molecule has 0 radical (unpaired) electrons. The molecule has 0 aromatic carbocycles. The van der Waals surface area contributed by atoms with E-state index in [9.17, 15) is 8.42 Å². The van der Waals surface area contributed by atoms with E-state index in [2.05, 4.69) is 29.2 Å². The summed E-state index contributed by atoms with van der Waals surface area (Å²) < 4.78 is 23.1. The second-order valence-corrected chi connectivity index (χ2v) is 8.32. The van der Waals surface area contributed by atoms with Crippen molar-refractivity contribution in [3.05, 3.63) is 0 Å². The Morgan fingerprint density at radius 2 is 2.21 bits per heavy atom. The monoisotopic (exact) mass is 289 g/mol. The first-order valence-electron chi connectivity index (χ1n) is 7.29. The van der Waals surface area contributed by atoms with Gasteiger partial charge in [0.1, 0.15) is 0 Å². The Hall–Kier alpha value is -0.170. The predicted octanol–water partition coefficient (Wildman–Crippen LogP) is -0.211. The smallest absolute Gasteiger partial charge is 0.153 e. The van der Waals surface area contributed by atoms with E-state index >= 15 is 0 Å². The summed E-state index contributed by atoms with van der Waals surface area (Å²) in [6.07, 6.45) is 3.51. The Kier molecular flexibility index (Phi) is 5.22. The summed E-state index contributed by atoms with van der Waals surface area (Å²) in [5, 5.41) is 3.32. The van der Waals surface area contributed by atoms with Crippen molar-refractivity contribution in [3.8, 4) is 0 Å². The molecule has 2 aliphatic rings. The van der Waals surface area contributed by atoms with Crippen LogP contribution in [0.25, 0.3) is 0 Å². The van der Waals surface area contributed by atoms with Crippen LogP contribution in [0, 0.1) is 0 Å². The first-order valence-corrected chi connectivity index (χ1v) is 9.11. The van der Waals surface area contributed by atoms with Gasteiger partial charge in [0.2, 0.25) is 0 Å². The van der Waals surface area contributed by atoms with Crippen LogP contribution in [0.5, 0.6) is 0 Å². The highest BCUT2D eigenvalue weighted by molar-refractivity contribution is 7.91. The zero-order valence-electron chi connectivity index (χ0n) is 12.1. The molecule has 2 atom stereocenters. The molecule has 112 valence electrons. The van der Waals surface area contributed by atoms with Crippen molar-refractivity contribution in [1.29, 1.82) is 0 Å². The highest BCUT2D eigenvalue weighted by Gasteiger charge is 2.25. The average molecular weight is 289 g/mol. The molecule has 2 unspecified atom stereocenters. The van der Waals surface area contributed by atoms with Crippen molar-refractivity contribution < 1.29 is 8.42 Å². The zero-order chi connectivity index (χ0) is 13.9. The van der Waals surface area contributed by atoms with Crippen LogP contribution in [-0.2, 0) is 9.84 Å². The van der Waals surface area contributed by atoms with Gasteiger partial charge in [-0.05, 0) is 46.4 Å². The molecule has 0 aromatic rings. The lowest BCUT2D eigenvalue weighted by Gasteiger charge is -2.28. The number of hydrogen-bond donors (Lipinski definition) is 1. The average Bonchev–Trinajstić information content (AvgIpc) is 2.71. The Morgan fingerprint density at radius 3 is 2.84 bits per heavy atom. The van der Waals surface area contributed by atoms with Crippen LogP contribution in [0.15, 0.2) is 0 Å². The summed E-state index contributed by atoms with van der Waals surface area (Å²) >= 11 is 0. The van der Waals surface area contributed by atoms with E-state index in [0.29, 0.717) is 24.1 Å². The highest BCUT2D eigenvalue weighted by Crippen LogP contribution is 2.15. The maximum absolute atomic E-state index is 11.6. The van der Waals surface area contributed by atoms with Crippen molar-refractivity contribution >= 4 is 9.84 Å². The van der Waals surface area contributed by atoms with Gasteiger partial charge in [0, 0.05) is 25.2 Å². The minimum absolute atomic E-state index is 0.141. The van der Waals surface area contributed by atoms with Gasteiger partial charge in [0.25, 0.3) is 0 Å². The molecule has 0 aliphatic carbocycles. The van der Waals surface area contributed by atoms with E-state index in [1.54, 1.807) is 0 Å². The first kappa shape index (κ1) is 15.2. The molecule has 2 fully saturated rings. The molecule has 0 saturated carbocycles. The number of hydrogen-bond acceptors (Lipinski definition) is 5. The minimum atomic E-state index is -2.80. The van der Waals surface area contributed by atoms with Crippen molar-refractivity contribution in [3.63, 3.8) is 0 Å². The van der Waals surface area contributed by atoms with E-state index < -0.39 is 9.84 Å². The number of nitrogens with one attached hydrogen (secondary N) is 1. The van der Waals surface area contributed by atoms with Crippen LogP contribution < -0.4 is 5.32 Å². The van der Waals surface area contributed by atoms with Crippen LogP contribution in [0.4, 0.5) is 0 Å². The van der Waals surface area contributed by atoms with Crippen LogP contribution in [-0.4, -0.2) is 82.1 Å². The molecule has 2 saturated heterocycles. The van der Waals surface area contributed by atoms with Crippen LogP contribution >= 0.6 is 0 Å². The number of sulfone groups is 1. The van der Waals surface area contributed by atoms with Crippen molar-refractivity contribution in [2.45, 2.75) is 31.3 Å². The van der Waals surface area contributed by atoms with Gasteiger partial charge in [0.15, 0.2) is 9.84 Å². The van der Waals surface area contributed by atoms with Gasteiger partial charge in [0.05, 0.1) is 11.5 Å². The Morgan fingerprint density at radius 1 is 1.42 bits per heavy atom. The molecular formula is C13H27N3O2S. The fourth-order valence-electron chi connectivity index (χ4n) is 3.09. The fraction of sp³-hybridized carbons (Fsp3) is 1.00. The molecule has 5 nitrogen and oxygen atoms in total.